The average Bonchev–Trinajstić information content (AvgIpc) is 3.25. The molecule has 1 aliphatic heterocycles. The Kier molecular flexibility index (Phi) is 4.33. The van der Waals surface area contributed by atoms with E-state index in [1.807, 2.05) is 12.1 Å². The van der Waals surface area contributed by atoms with Crippen LogP contribution in [0.3, 0.4) is 0 Å². The Morgan fingerprint density at radius 1 is 1.21 bits per heavy atom. The molecule has 0 aliphatic carbocycles. The van der Waals surface area contributed by atoms with Gasteiger partial charge in [-0.1, -0.05) is 32.9 Å². The first-order chi connectivity index (χ1) is 13.9. The molecule has 7 heteroatoms. The highest BCUT2D eigenvalue weighted by atomic mass is 32.1. The van der Waals surface area contributed by atoms with Crippen molar-refractivity contribution >= 4 is 27.2 Å². The fourth-order valence-electron chi connectivity index (χ4n) is 3.91. The number of fused-ring (bicyclic) bond motifs is 5. The lowest BCUT2D eigenvalue weighted by atomic mass is 9.87. The van der Waals surface area contributed by atoms with Crippen LogP contribution in [-0.4, -0.2) is 33.2 Å². The van der Waals surface area contributed by atoms with E-state index < -0.39 is 0 Å². The molecule has 1 aliphatic rings. The number of hydrogen-bond acceptors (Lipinski definition) is 5. The first-order valence-electron chi connectivity index (χ1n) is 10.1. The first kappa shape index (κ1) is 18.5. The largest absolute Gasteiger partial charge is 0.486 e. The van der Waals surface area contributed by atoms with Crippen LogP contribution in [0.15, 0.2) is 30.6 Å². The molecule has 4 aromatic rings. The molecule has 1 aromatic carbocycles. The second-order valence-electron chi connectivity index (χ2n) is 8.92. The highest BCUT2D eigenvalue weighted by molar-refractivity contribution is 7.19. The van der Waals surface area contributed by atoms with Gasteiger partial charge in [0.25, 0.3) is 0 Å². The SMILES string of the molecule is C[NH+]1CCc2c(sc3ncn4nc(COc5ccc(C(C)(C)C)cc5)nc4c23)C1. The van der Waals surface area contributed by atoms with Crippen LogP contribution in [0.5, 0.6) is 5.75 Å². The first-order valence-corrected chi connectivity index (χ1v) is 10.9. The zero-order valence-corrected chi connectivity index (χ0v) is 18.1. The Labute approximate surface area is 174 Å². The molecular weight excluding hydrogens is 382 g/mol. The van der Waals surface area contributed by atoms with E-state index >= 15 is 0 Å². The van der Waals surface area contributed by atoms with Crippen LogP contribution in [0, 0.1) is 0 Å². The van der Waals surface area contributed by atoms with E-state index in [1.54, 1.807) is 27.1 Å². The molecule has 0 spiro atoms. The van der Waals surface area contributed by atoms with Gasteiger partial charge in [-0.25, -0.2) is 14.5 Å². The van der Waals surface area contributed by atoms with Crippen LogP contribution in [0.25, 0.3) is 15.9 Å². The summed E-state index contributed by atoms with van der Waals surface area (Å²) >= 11 is 1.80. The van der Waals surface area contributed by atoms with Gasteiger partial charge >= 0.3 is 0 Å². The molecule has 0 saturated carbocycles. The number of nitrogens with one attached hydrogen (secondary N) is 1. The maximum absolute atomic E-state index is 5.95. The summed E-state index contributed by atoms with van der Waals surface area (Å²) in [5.41, 5.74) is 3.73. The highest BCUT2D eigenvalue weighted by Gasteiger charge is 2.24. The molecule has 3 aromatic heterocycles. The van der Waals surface area contributed by atoms with Crippen LogP contribution in [-0.2, 0) is 25.0 Å². The van der Waals surface area contributed by atoms with Crippen LogP contribution >= 0.6 is 11.3 Å². The van der Waals surface area contributed by atoms with Crippen LogP contribution in [0.4, 0.5) is 0 Å². The number of nitrogens with zero attached hydrogens (tertiary/aromatic N) is 4. The number of ether oxygens (including phenoxy) is 1. The van der Waals surface area contributed by atoms with Crippen molar-refractivity contribution in [1.82, 2.24) is 19.6 Å². The van der Waals surface area contributed by atoms with Crippen molar-refractivity contribution in [2.75, 3.05) is 13.6 Å². The summed E-state index contributed by atoms with van der Waals surface area (Å²) in [5, 5.41) is 5.77. The zero-order chi connectivity index (χ0) is 20.2. The Morgan fingerprint density at radius 2 is 2.00 bits per heavy atom. The third-order valence-corrected chi connectivity index (χ3v) is 6.75. The zero-order valence-electron chi connectivity index (χ0n) is 17.3. The van der Waals surface area contributed by atoms with Gasteiger partial charge in [0.1, 0.15) is 30.1 Å². The average molecular weight is 409 g/mol. The third-order valence-electron chi connectivity index (χ3n) is 5.61. The van der Waals surface area contributed by atoms with Gasteiger partial charge in [-0.05, 0) is 28.7 Å². The van der Waals surface area contributed by atoms with E-state index in [0.29, 0.717) is 12.4 Å². The quantitative estimate of drug-likeness (QED) is 0.566. The summed E-state index contributed by atoms with van der Waals surface area (Å²) in [6.45, 7) is 9.19. The molecule has 150 valence electrons. The molecule has 0 amide bonds. The van der Waals surface area contributed by atoms with E-state index in [1.165, 1.54) is 21.4 Å². The molecule has 29 heavy (non-hydrogen) atoms. The molecule has 0 radical (unpaired) electrons. The summed E-state index contributed by atoms with van der Waals surface area (Å²) in [6.07, 6.45) is 2.84. The number of likely N-dealkylation sites (N-methyl/N-ethyl adjacent to an activating group) is 1. The van der Waals surface area contributed by atoms with Crippen molar-refractivity contribution in [3.05, 3.63) is 52.4 Å². The van der Waals surface area contributed by atoms with Crippen molar-refractivity contribution < 1.29 is 9.64 Å². The molecule has 1 unspecified atom stereocenters. The molecule has 0 fully saturated rings. The molecular formula is C22H26N5OS+. The van der Waals surface area contributed by atoms with Gasteiger partial charge in [0.05, 0.1) is 23.9 Å². The summed E-state index contributed by atoms with van der Waals surface area (Å²) in [5.74, 6) is 1.51. The Hall–Kier alpha value is -2.51. The monoisotopic (exact) mass is 408 g/mol. The predicted molar refractivity (Wildman–Crippen MR) is 115 cm³/mol. The second kappa shape index (κ2) is 6.78. The fourth-order valence-corrected chi connectivity index (χ4v) is 5.21. The van der Waals surface area contributed by atoms with E-state index in [0.717, 1.165) is 35.7 Å². The summed E-state index contributed by atoms with van der Waals surface area (Å²) < 4.78 is 7.74. The topological polar surface area (TPSA) is 56.8 Å². The van der Waals surface area contributed by atoms with Crippen molar-refractivity contribution in [2.45, 2.75) is 45.8 Å². The minimum atomic E-state index is 0.135. The van der Waals surface area contributed by atoms with E-state index in [9.17, 15) is 0 Å². The minimum absolute atomic E-state index is 0.135. The van der Waals surface area contributed by atoms with Crippen molar-refractivity contribution in [2.24, 2.45) is 0 Å². The van der Waals surface area contributed by atoms with Crippen LogP contribution in [0.1, 0.15) is 42.6 Å². The maximum atomic E-state index is 5.95. The maximum Gasteiger partial charge on any atom is 0.189 e. The lowest BCUT2D eigenvalue weighted by molar-refractivity contribution is -0.895. The molecule has 6 nitrogen and oxygen atoms in total. The highest BCUT2D eigenvalue weighted by Crippen LogP contribution is 2.33. The van der Waals surface area contributed by atoms with Gasteiger partial charge in [-0.2, -0.15) is 0 Å². The molecule has 1 atom stereocenters. The number of quaternary nitrogens is 1. The smallest absolute Gasteiger partial charge is 0.189 e. The predicted octanol–water partition coefficient (Wildman–Crippen LogP) is 2.79. The summed E-state index contributed by atoms with van der Waals surface area (Å²) in [4.78, 5) is 13.5. The Bertz CT molecular complexity index is 1190. The summed E-state index contributed by atoms with van der Waals surface area (Å²) in [7, 11) is 2.25. The number of benzene rings is 1. The molecule has 0 saturated heterocycles. The van der Waals surface area contributed by atoms with Crippen molar-refractivity contribution in [1.29, 1.82) is 0 Å². The van der Waals surface area contributed by atoms with Crippen molar-refractivity contribution in [3.63, 3.8) is 0 Å². The van der Waals surface area contributed by atoms with Gasteiger partial charge in [0, 0.05) is 6.42 Å². The van der Waals surface area contributed by atoms with Crippen molar-refractivity contribution in [3.8, 4) is 5.75 Å². The summed E-state index contributed by atoms with van der Waals surface area (Å²) in [6, 6.07) is 8.28. The standard InChI is InChI=1S/C22H25N5OS/c1-22(2,3)14-5-7-15(8-6-14)28-12-18-24-20-19-16-9-10-26(4)11-17(16)29-21(19)23-13-27(20)25-18/h5-8,13H,9-12H2,1-4H3/p+1. The van der Waals surface area contributed by atoms with Crippen LogP contribution < -0.4 is 9.64 Å². The number of thiophene rings is 1. The lowest BCUT2D eigenvalue weighted by Gasteiger charge is -2.19. The number of hydrogen-bond donors (Lipinski definition) is 1. The van der Waals surface area contributed by atoms with Gasteiger partial charge in [-0.3, -0.25) is 0 Å². The molecule has 5 rings (SSSR count). The fraction of sp³-hybridized carbons (Fsp3) is 0.409. The normalized spacial score (nSPS) is 17.0. The molecule has 0 bridgehead atoms. The van der Waals surface area contributed by atoms with E-state index in [2.05, 4.69) is 50.0 Å². The number of aromatic nitrogens is 4. The molecule has 4 heterocycles. The van der Waals surface area contributed by atoms with Gasteiger partial charge in [0.15, 0.2) is 11.5 Å². The Morgan fingerprint density at radius 3 is 2.76 bits per heavy atom. The van der Waals surface area contributed by atoms with Gasteiger partial charge < -0.3 is 9.64 Å². The number of rotatable bonds is 3. The third kappa shape index (κ3) is 3.38. The molecule has 1 N–H and O–H groups in total. The Balaban J connectivity index is 1.42. The second-order valence-corrected chi connectivity index (χ2v) is 10.0. The van der Waals surface area contributed by atoms with Crippen LogP contribution in [0.2, 0.25) is 0 Å². The lowest BCUT2D eigenvalue weighted by Crippen LogP contribution is -3.08. The van der Waals surface area contributed by atoms with Gasteiger partial charge in [0.2, 0.25) is 0 Å². The minimum Gasteiger partial charge on any atom is -0.486 e. The van der Waals surface area contributed by atoms with E-state index in [4.69, 9.17) is 9.72 Å². The van der Waals surface area contributed by atoms with E-state index in [-0.39, 0.29) is 5.41 Å². The van der Waals surface area contributed by atoms with Gasteiger partial charge in [-0.15, -0.1) is 16.4 Å².